The van der Waals surface area contributed by atoms with Crippen LogP contribution in [-0.4, -0.2) is 22.9 Å². The van der Waals surface area contributed by atoms with Crippen LogP contribution in [-0.2, 0) is 0 Å². The summed E-state index contributed by atoms with van der Waals surface area (Å²) in [6.45, 7) is -0.122. The van der Waals surface area contributed by atoms with Gasteiger partial charge in [0.15, 0.2) is 0 Å². The number of halogens is 1. The molecule has 1 aromatic carbocycles. The Hall–Kier alpha value is -1.48. The Kier molecular flexibility index (Phi) is 3.74. The lowest BCUT2D eigenvalue weighted by Crippen LogP contribution is -2.27. The number of aliphatic hydroxyl groups excluding tert-OH is 2. The maximum Gasteiger partial charge on any atom is 0.141 e. The Balaban J connectivity index is 2.98. The minimum absolute atomic E-state index is 0.104. The molecule has 0 saturated carbocycles. The summed E-state index contributed by atoms with van der Waals surface area (Å²) in [5.74, 6) is -0.724. The van der Waals surface area contributed by atoms with Crippen molar-refractivity contribution in [3.8, 4) is 6.07 Å². The van der Waals surface area contributed by atoms with Crippen LogP contribution in [0.2, 0.25) is 0 Å². The summed E-state index contributed by atoms with van der Waals surface area (Å²) in [5, 5.41) is 27.2. The molecule has 5 heteroatoms. The summed E-state index contributed by atoms with van der Waals surface area (Å²) in [7, 11) is 0. The number of benzene rings is 1. The predicted molar refractivity (Wildman–Crippen MR) is 51.1 cm³/mol. The zero-order chi connectivity index (χ0) is 11.4. The van der Waals surface area contributed by atoms with Gasteiger partial charge in [-0.2, -0.15) is 5.26 Å². The van der Waals surface area contributed by atoms with Crippen LogP contribution in [0.5, 0.6) is 0 Å². The van der Waals surface area contributed by atoms with Gasteiger partial charge in [0.2, 0.25) is 0 Å². The van der Waals surface area contributed by atoms with E-state index < -0.39 is 18.0 Å². The first kappa shape index (κ1) is 11.6. The van der Waals surface area contributed by atoms with Gasteiger partial charge in [-0.1, -0.05) is 6.07 Å². The Morgan fingerprint density at radius 1 is 1.47 bits per heavy atom. The van der Waals surface area contributed by atoms with E-state index in [0.29, 0.717) is 0 Å². The molecule has 0 aliphatic rings. The Labute approximate surface area is 86.4 Å². The number of hydrogen-bond acceptors (Lipinski definition) is 4. The van der Waals surface area contributed by atoms with E-state index in [0.717, 1.165) is 6.07 Å². The summed E-state index contributed by atoms with van der Waals surface area (Å²) in [6.07, 6.45) is -2.38. The van der Waals surface area contributed by atoms with E-state index in [-0.39, 0.29) is 17.7 Å². The molecule has 0 radical (unpaired) electrons. The highest BCUT2D eigenvalue weighted by atomic mass is 19.1. The molecule has 0 aromatic heterocycles. The van der Waals surface area contributed by atoms with Gasteiger partial charge in [0.1, 0.15) is 18.0 Å². The third-order valence-electron chi connectivity index (χ3n) is 2.06. The van der Waals surface area contributed by atoms with Crippen LogP contribution in [0.1, 0.15) is 17.2 Å². The molecule has 2 atom stereocenters. The molecular weight excluding hydrogens is 199 g/mol. The number of hydrogen-bond donors (Lipinski definition) is 3. The number of nitrogens with zero attached hydrogens (tertiary/aromatic N) is 1. The largest absolute Gasteiger partial charge is 0.389 e. The van der Waals surface area contributed by atoms with Crippen LogP contribution in [0.3, 0.4) is 0 Å². The molecule has 4 nitrogen and oxygen atoms in total. The smallest absolute Gasteiger partial charge is 0.141 e. The minimum Gasteiger partial charge on any atom is -0.389 e. The molecule has 2 unspecified atom stereocenters. The van der Waals surface area contributed by atoms with Gasteiger partial charge >= 0.3 is 0 Å². The molecule has 0 heterocycles. The van der Waals surface area contributed by atoms with E-state index in [2.05, 4.69) is 0 Å². The molecule has 1 aromatic rings. The second-order valence-electron chi connectivity index (χ2n) is 3.10. The summed E-state index contributed by atoms with van der Waals surface area (Å²) < 4.78 is 13.1. The molecule has 0 aliphatic carbocycles. The molecule has 4 N–H and O–H groups in total. The lowest BCUT2D eigenvalue weighted by molar-refractivity contribution is 0.0242. The van der Waals surface area contributed by atoms with Crippen molar-refractivity contribution in [3.63, 3.8) is 0 Å². The molecule has 0 spiro atoms. The third kappa shape index (κ3) is 2.50. The second kappa shape index (κ2) is 4.84. The molecule has 0 aliphatic heterocycles. The van der Waals surface area contributed by atoms with Crippen molar-refractivity contribution in [3.05, 3.63) is 35.1 Å². The van der Waals surface area contributed by atoms with E-state index in [1.54, 1.807) is 6.07 Å². The van der Waals surface area contributed by atoms with Gasteiger partial charge in [-0.05, 0) is 17.7 Å². The average Bonchev–Trinajstić information content (AvgIpc) is 2.26. The first-order chi connectivity index (χ1) is 7.10. The van der Waals surface area contributed by atoms with Gasteiger partial charge in [-0.15, -0.1) is 0 Å². The molecule has 80 valence electrons. The van der Waals surface area contributed by atoms with E-state index in [4.69, 9.17) is 11.0 Å². The summed E-state index contributed by atoms with van der Waals surface area (Å²) in [4.78, 5) is 0. The lowest BCUT2D eigenvalue weighted by Gasteiger charge is -2.16. The minimum atomic E-state index is -1.24. The highest BCUT2D eigenvalue weighted by molar-refractivity contribution is 5.34. The zero-order valence-corrected chi connectivity index (χ0v) is 7.89. The van der Waals surface area contributed by atoms with Crippen LogP contribution >= 0.6 is 0 Å². The Morgan fingerprint density at radius 3 is 2.60 bits per heavy atom. The fourth-order valence-electron chi connectivity index (χ4n) is 1.16. The van der Waals surface area contributed by atoms with Gasteiger partial charge < -0.3 is 15.9 Å². The molecule has 15 heavy (non-hydrogen) atoms. The SMILES string of the molecule is N#Cc1ccc(C(O)C(O)CN)cc1F. The topological polar surface area (TPSA) is 90.3 Å². The summed E-state index contributed by atoms with van der Waals surface area (Å²) in [5.41, 5.74) is 5.24. The van der Waals surface area contributed by atoms with Gasteiger partial charge in [0.25, 0.3) is 0 Å². The molecular formula is C10H11FN2O2. The van der Waals surface area contributed by atoms with Crippen molar-refractivity contribution >= 4 is 0 Å². The normalized spacial score (nSPS) is 14.3. The van der Waals surface area contributed by atoms with Gasteiger partial charge in [-0.3, -0.25) is 0 Å². The molecule has 0 fully saturated rings. The van der Waals surface area contributed by atoms with Crippen molar-refractivity contribution < 1.29 is 14.6 Å². The number of nitrogens with two attached hydrogens (primary N) is 1. The number of aliphatic hydroxyl groups is 2. The Morgan fingerprint density at radius 2 is 2.13 bits per heavy atom. The fourth-order valence-corrected chi connectivity index (χ4v) is 1.16. The number of nitriles is 1. The van der Waals surface area contributed by atoms with Crippen molar-refractivity contribution in [2.75, 3.05) is 6.54 Å². The molecule has 0 bridgehead atoms. The van der Waals surface area contributed by atoms with E-state index in [1.807, 2.05) is 0 Å². The highest BCUT2D eigenvalue weighted by Gasteiger charge is 2.17. The molecule has 0 saturated heterocycles. The lowest BCUT2D eigenvalue weighted by atomic mass is 10.0. The van der Waals surface area contributed by atoms with Crippen molar-refractivity contribution in [2.24, 2.45) is 5.73 Å². The molecule has 1 rings (SSSR count). The van der Waals surface area contributed by atoms with Crippen molar-refractivity contribution in [1.82, 2.24) is 0 Å². The third-order valence-corrected chi connectivity index (χ3v) is 2.06. The van der Waals surface area contributed by atoms with Crippen LogP contribution in [0, 0.1) is 17.1 Å². The van der Waals surface area contributed by atoms with Crippen molar-refractivity contribution in [2.45, 2.75) is 12.2 Å². The average molecular weight is 210 g/mol. The second-order valence-corrected chi connectivity index (χ2v) is 3.10. The van der Waals surface area contributed by atoms with Gasteiger partial charge in [0.05, 0.1) is 11.7 Å². The quantitative estimate of drug-likeness (QED) is 0.657. The van der Waals surface area contributed by atoms with Crippen LogP contribution < -0.4 is 5.73 Å². The standard InChI is InChI=1S/C10H11FN2O2/c11-8-3-6(1-2-7(8)4-12)10(15)9(14)5-13/h1-3,9-10,14-15H,5,13H2. The van der Waals surface area contributed by atoms with E-state index in [1.165, 1.54) is 12.1 Å². The van der Waals surface area contributed by atoms with E-state index >= 15 is 0 Å². The highest BCUT2D eigenvalue weighted by Crippen LogP contribution is 2.19. The Bertz CT molecular complexity index is 389. The summed E-state index contributed by atoms with van der Waals surface area (Å²) in [6, 6.07) is 5.30. The van der Waals surface area contributed by atoms with Crippen LogP contribution in [0.4, 0.5) is 4.39 Å². The zero-order valence-electron chi connectivity index (χ0n) is 7.89. The monoisotopic (exact) mass is 210 g/mol. The summed E-state index contributed by atoms with van der Waals surface area (Å²) >= 11 is 0. The first-order valence-corrected chi connectivity index (χ1v) is 4.36. The number of rotatable bonds is 3. The molecule has 0 amide bonds. The first-order valence-electron chi connectivity index (χ1n) is 4.36. The maximum absolute atomic E-state index is 13.1. The predicted octanol–water partition coefficient (Wildman–Crippen LogP) is 0.0504. The van der Waals surface area contributed by atoms with Gasteiger partial charge in [-0.25, -0.2) is 4.39 Å². The maximum atomic E-state index is 13.1. The van der Waals surface area contributed by atoms with Crippen LogP contribution in [0.25, 0.3) is 0 Å². The van der Waals surface area contributed by atoms with Crippen molar-refractivity contribution in [1.29, 1.82) is 5.26 Å². The van der Waals surface area contributed by atoms with E-state index in [9.17, 15) is 14.6 Å². The van der Waals surface area contributed by atoms with Crippen LogP contribution in [0.15, 0.2) is 18.2 Å². The fraction of sp³-hybridized carbons (Fsp3) is 0.300. The van der Waals surface area contributed by atoms with Gasteiger partial charge in [0, 0.05) is 6.54 Å².